The monoisotopic (exact) mass is 776 g/mol. The van der Waals surface area contributed by atoms with Gasteiger partial charge in [-0.25, -0.2) is 0 Å². The Bertz CT molecular complexity index is 2720. The van der Waals surface area contributed by atoms with Crippen molar-refractivity contribution in [1.82, 2.24) is 0 Å². The molecule has 0 radical (unpaired) electrons. The minimum Gasteiger partial charge on any atom is -0.380 e. The lowest BCUT2D eigenvalue weighted by molar-refractivity contribution is 0.331. The normalized spacial score (nSPS) is 22.4. The van der Waals surface area contributed by atoms with Crippen LogP contribution in [0.4, 0.5) is 22.7 Å². The van der Waals surface area contributed by atoms with Gasteiger partial charge in [-0.15, -0.1) is 11.8 Å². The molecule has 3 heterocycles. The number of para-hydroxylation sites is 1. The Morgan fingerprint density at radius 2 is 1.12 bits per heavy atom. The van der Waals surface area contributed by atoms with Gasteiger partial charge in [-0.2, -0.15) is 0 Å². The van der Waals surface area contributed by atoms with E-state index in [2.05, 4.69) is 194 Å². The Labute approximate surface area is 351 Å². The van der Waals surface area contributed by atoms with Crippen LogP contribution in [0.3, 0.4) is 0 Å². The lowest BCUT2D eigenvalue weighted by atomic mass is 9.38. The third-order valence-corrected chi connectivity index (χ3v) is 16.9. The van der Waals surface area contributed by atoms with E-state index in [1.807, 2.05) is 0 Å². The van der Waals surface area contributed by atoms with Crippen molar-refractivity contribution in [2.75, 3.05) is 9.71 Å². The number of anilines is 4. The van der Waals surface area contributed by atoms with Crippen LogP contribution in [0.2, 0.25) is 0 Å². The number of fused-ring (bicyclic) bond motifs is 9. The van der Waals surface area contributed by atoms with Crippen LogP contribution >= 0.6 is 11.8 Å². The van der Waals surface area contributed by atoms with E-state index in [4.69, 9.17) is 0 Å². The lowest BCUT2D eigenvalue weighted by Crippen LogP contribution is -2.62. The summed E-state index contributed by atoms with van der Waals surface area (Å²) >= 11 is 2.14. The number of hydrogen-bond donors (Lipinski definition) is 0. The Hall–Kier alpha value is -4.41. The molecule has 4 heteroatoms. The number of hydrogen-bond acceptors (Lipinski definition) is 3. The zero-order valence-corrected chi connectivity index (χ0v) is 37.0. The SMILES string of the molecule is Cc1cc2c3c(c1)N(c1cc4c(cc1C)C(C)(C)CCC4(C)C)C1Sc4cc5c(cc4C1B3N(c1ccccc1)c1cc3ccccc3cc1-2)C(C)(C)CCC5(C)C. The number of aryl methyl sites for hydroxylation is 2. The number of thioether (sulfide) groups is 1. The molecular formula is C54H57BN2S. The van der Waals surface area contributed by atoms with Gasteiger partial charge in [0.25, 0.3) is 0 Å². The predicted molar refractivity (Wildman–Crippen MR) is 251 cm³/mol. The van der Waals surface area contributed by atoms with Crippen molar-refractivity contribution in [2.45, 2.75) is 133 Å². The van der Waals surface area contributed by atoms with Gasteiger partial charge in [0.2, 0.25) is 0 Å². The molecule has 0 fully saturated rings. The van der Waals surface area contributed by atoms with Gasteiger partial charge in [0, 0.05) is 39.0 Å². The molecule has 0 N–H and O–H groups in total. The number of rotatable bonds is 2. The quantitative estimate of drug-likeness (QED) is 0.162. The lowest BCUT2D eigenvalue weighted by Gasteiger charge is -2.51. The first-order valence-corrected chi connectivity index (χ1v) is 22.7. The van der Waals surface area contributed by atoms with Crippen LogP contribution in [0.5, 0.6) is 0 Å². The number of nitrogens with zero attached hydrogens (tertiary/aromatic N) is 2. The highest BCUT2D eigenvalue weighted by Crippen LogP contribution is 2.61. The topological polar surface area (TPSA) is 6.48 Å². The highest BCUT2D eigenvalue weighted by atomic mass is 32.2. The molecular weight excluding hydrogens is 719 g/mol. The maximum atomic E-state index is 2.84. The fraction of sp³-hybridized carbons (Fsp3) is 0.370. The maximum absolute atomic E-state index is 2.84. The van der Waals surface area contributed by atoms with Crippen molar-refractivity contribution < 1.29 is 0 Å². The molecule has 0 spiro atoms. The fourth-order valence-electron chi connectivity index (χ4n) is 11.9. The van der Waals surface area contributed by atoms with Crippen LogP contribution in [0.15, 0.2) is 108 Å². The first-order chi connectivity index (χ1) is 27.5. The second kappa shape index (κ2) is 12.1. The minimum atomic E-state index is 0.114. The summed E-state index contributed by atoms with van der Waals surface area (Å²) in [6.07, 6.45) is 4.86. The van der Waals surface area contributed by atoms with Crippen LogP contribution < -0.4 is 15.2 Å². The van der Waals surface area contributed by atoms with E-state index < -0.39 is 0 Å². The van der Waals surface area contributed by atoms with Crippen molar-refractivity contribution in [2.24, 2.45) is 0 Å². The van der Waals surface area contributed by atoms with Crippen molar-refractivity contribution >= 4 is 57.6 Å². The molecule has 6 aromatic carbocycles. The molecule has 2 atom stereocenters. The van der Waals surface area contributed by atoms with Crippen molar-refractivity contribution in [3.8, 4) is 11.1 Å². The van der Waals surface area contributed by atoms with Crippen LogP contribution in [0.1, 0.15) is 126 Å². The van der Waals surface area contributed by atoms with Gasteiger partial charge < -0.3 is 9.71 Å². The Balaban J connectivity index is 1.25. The smallest absolute Gasteiger partial charge is 0.307 e. The van der Waals surface area contributed by atoms with Gasteiger partial charge in [0.15, 0.2) is 0 Å². The summed E-state index contributed by atoms with van der Waals surface area (Å²) < 4.78 is 0. The average Bonchev–Trinajstić information content (AvgIpc) is 3.56. The van der Waals surface area contributed by atoms with Gasteiger partial charge >= 0.3 is 6.85 Å². The van der Waals surface area contributed by atoms with Crippen LogP contribution in [-0.2, 0) is 21.7 Å². The average molecular weight is 777 g/mol. The van der Waals surface area contributed by atoms with E-state index in [1.165, 1.54) is 103 Å². The zero-order valence-electron chi connectivity index (χ0n) is 36.2. The summed E-state index contributed by atoms with van der Waals surface area (Å²) in [6, 6.07) is 40.9. The number of benzene rings is 6. The zero-order chi connectivity index (χ0) is 40.3. The second-order valence-corrected chi connectivity index (χ2v) is 22.3. The molecule has 2 unspecified atom stereocenters. The van der Waals surface area contributed by atoms with Crippen molar-refractivity contribution in [1.29, 1.82) is 0 Å². The standard InChI is InChI=1S/C54H57BN2S/c1-32-24-38-37-27-34-16-14-15-17-35(34)28-45(37)57(36-18-12-11-13-19-36)55-48(38)46(25-32)56(44-30-42-40(26-33(44)2)51(3,4)20-22-53(42,7)8)50-49(55)39-29-41-43(31-47(39)58-50)54(9,10)23-21-52(41,5)6/h11-19,24-31,49-50H,20-23H2,1-10H3. The summed E-state index contributed by atoms with van der Waals surface area (Å²) in [5.41, 5.74) is 20.5. The molecule has 0 saturated carbocycles. The molecule has 292 valence electrons. The van der Waals surface area contributed by atoms with E-state index in [0.717, 1.165) is 0 Å². The molecule has 6 aromatic rings. The molecule has 58 heavy (non-hydrogen) atoms. The largest absolute Gasteiger partial charge is 0.380 e. The highest BCUT2D eigenvalue weighted by Gasteiger charge is 2.56. The summed E-state index contributed by atoms with van der Waals surface area (Å²) in [7, 11) is 0. The van der Waals surface area contributed by atoms with Crippen molar-refractivity contribution in [3.63, 3.8) is 0 Å². The summed E-state index contributed by atoms with van der Waals surface area (Å²) in [5, 5.41) is 2.77. The maximum Gasteiger partial charge on any atom is 0.307 e. The predicted octanol–water partition coefficient (Wildman–Crippen LogP) is 14.1. The molecule has 2 aliphatic carbocycles. The van der Waals surface area contributed by atoms with Crippen molar-refractivity contribution in [3.05, 3.63) is 142 Å². The Morgan fingerprint density at radius 1 is 0.552 bits per heavy atom. The summed E-state index contributed by atoms with van der Waals surface area (Å²) in [6.45, 7) is 24.7. The third-order valence-electron chi connectivity index (χ3n) is 15.5. The molecule has 5 aliphatic rings. The van der Waals surface area contributed by atoms with Gasteiger partial charge in [0.05, 0.1) is 5.37 Å². The molecule has 0 amide bonds. The highest BCUT2D eigenvalue weighted by molar-refractivity contribution is 8.00. The molecule has 0 aromatic heterocycles. The molecule has 11 rings (SSSR count). The van der Waals surface area contributed by atoms with E-state index in [0.29, 0.717) is 0 Å². The van der Waals surface area contributed by atoms with E-state index >= 15 is 0 Å². The molecule has 0 saturated heterocycles. The Kier molecular flexibility index (Phi) is 7.64. The first kappa shape index (κ1) is 36.7. The summed E-state index contributed by atoms with van der Waals surface area (Å²) in [4.78, 5) is 7.08. The first-order valence-electron chi connectivity index (χ1n) is 21.9. The molecule has 2 nitrogen and oxygen atoms in total. The fourth-order valence-corrected chi connectivity index (χ4v) is 13.5. The molecule has 3 aliphatic heterocycles. The second-order valence-electron chi connectivity index (χ2n) is 21.2. The van der Waals surface area contributed by atoms with E-state index in [-0.39, 0.29) is 39.7 Å². The van der Waals surface area contributed by atoms with Gasteiger partial charge in [-0.3, -0.25) is 0 Å². The van der Waals surface area contributed by atoms with Gasteiger partial charge in [0.1, 0.15) is 0 Å². The van der Waals surface area contributed by atoms with Crippen LogP contribution in [0.25, 0.3) is 21.9 Å². The Morgan fingerprint density at radius 3 is 1.78 bits per heavy atom. The third kappa shape index (κ3) is 5.12. The van der Waals surface area contributed by atoms with E-state index in [9.17, 15) is 0 Å². The van der Waals surface area contributed by atoms with Crippen LogP contribution in [-0.4, -0.2) is 12.2 Å². The summed E-state index contributed by atoms with van der Waals surface area (Å²) in [5.74, 6) is 0.222. The molecule has 0 bridgehead atoms. The van der Waals surface area contributed by atoms with Gasteiger partial charge in [-0.05, 0) is 164 Å². The minimum absolute atomic E-state index is 0.114. The van der Waals surface area contributed by atoms with Gasteiger partial charge in [-0.1, -0.05) is 116 Å². The van der Waals surface area contributed by atoms with Crippen LogP contribution in [0, 0.1) is 13.8 Å². The van der Waals surface area contributed by atoms with E-state index in [1.54, 1.807) is 16.7 Å².